The predicted octanol–water partition coefficient (Wildman–Crippen LogP) is 8.70. The molecule has 2 nitrogen and oxygen atoms in total. The van der Waals surface area contributed by atoms with E-state index in [-0.39, 0.29) is 16.5 Å². The van der Waals surface area contributed by atoms with Gasteiger partial charge in [0.25, 0.3) is 0 Å². The molecule has 0 saturated heterocycles. The van der Waals surface area contributed by atoms with Crippen LogP contribution in [0.25, 0.3) is 6.08 Å². The molecule has 0 atom stereocenters. The molecular formula is C29H36N2Ni. The number of benzene rings is 2. The fourth-order valence-corrected chi connectivity index (χ4v) is 3.38. The number of aliphatic imine (C=N–C) groups is 2. The largest absolute Gasteiger partial charge is 0.252 e. The van der Waals surface area contributed by atoms with Crippen LogP contribution >= 0.6 is 0 Å². The van der Waals surface area contributed by atoms with E-state index < -0.39 is 0 Å². The van der Waals surface area contributed by atoms with Crippen molar-refractivity contribution in [3.05, 3.63) is 65.7 Å². The Balaban J connectivity index is 0.00000512. The first kappa shape index (κ1) is 27.6. The molecule has 0 radical (unpaired) electrons. The zero-order valence-corrected chi connectivity index (χ0v) is 20.9. The number of rotatable bonds is 11. The van der Waals surface area contributed by atoms with Crippen LogP contribution in [0.4, 0.5) is 11.4 Å². The first-order valence-electron chi connectivity index (χ1n) is 11.6. The van der Waals surface area contributed by atoms with Gasteiger partial charge in [-0.2, -0.15) is 0 Å². The normalized spacial score (nSPS) is 11.8. The van der Waals surface area contributed by atoms with E-state index in [1.165, 1.54) is 18.4 Å². The van der Waals surface area contributed by atoms with Crippen LogP contribution in [0.3, 0.4) is 0 Å². The third-order valence-electron chi connectivity index (χ3n) is 5.01. The van der Waals surface area contributed by atoms with E-state index in [0.29, 0.717) is 0 Å². The van der Waals surface area contributed by atoms with Crippen LogP contribution in [0.2, 0.25) is 0 Å². The average Bonchev–Trinajstić information content (AvgIpc) is 2.78. The second-order valence-electron chi connectivity index (χ2n) is 7.69. The summed E-state index contributed by atoms with van der Waals surface area (Å²) in [7, 11) is 0. The molecule has 2 aromatic rings. The summed E-state index contributed by atoms with van der Waals surface area (Å²) in [5.41, 5.74) is 6.38. The van der Waals surface area contributed by atoms with Gasteiger partial charge in [0.15, 0.2) is 0 Å². The summed E-state index contributed by atoms with van der Waals surface area (Å²) in [6.07, 6.45) is 11.9. The standard InChI is InChI=1S/C29H36N2.Ni/c1-5-9-11-18-29(31-27-16-12-15-25(23-27)14-8-4)28(17-10-6-2)30-26-21-19-24(13-7-3)20-22-26;/h7,12-13,15-16,19-23H,5-6,9-11,17-18H2,1-4H3;/b13-7-,30-28+,31-29+;. The summed E-state index contributed by atoms with van der Waals surface area (Å²) < 4.78 is 0. The van der Waals surface area contributed by atoms with E-state index >= 15 is 0 Å². The van der Waals surface area contributed by atoms with Crippen molar-refractivity contribution in [3.8, 4) is 11.8 Å². The van der Waals surface area contributed by atoms with E-state index in [0.717, 1.165) is 60.5 Å². The summed E-state index contributed by atoms with van der Waals surface area (Å²) in [6.45, 7) is 8.37. The molecule has 0 unspecified atom stereocenters. The van der Waals surface area contributed by atoms with Gasteiger partial charge in [0.1, 0.15) is 0 Å². The van der Waals surface area contributed by atoms with Crippen LogP contribution < -0.4 is 0 Å². The first-order chi connectivity index (χ1) is 15.2. The summed E-state index contributed by atoms with van der Waals surface area (Å²) in [5.74, 6) is 6.11. The van der Waals surface area contributed by atoms with Crippen LogP contribution in [0.1, 0.15) is 83.8 Å². The molecule has 0 fully saturated rings. The molecule has 3 heteroatoms. The molecule has 0 spiro atoms. The Bertz CT molecular complexity index is 957. The van der Waals surface area contributed by atoms with Crippen LogP contribution in [-0.2, 0) is 16.5 Å². The average molecular weight is 471 g/mol. The minimum Gasteiger partial charge on any atom is -0.252 e. The van der Waals surface area contributed by atoms with Gasteiger partial charge in [-0.3, -0.25) is 9.98 Å². The van der Waals surface area contributed by atoms with Gasteiger partial charge in [-0.1, -0.05) is 69.4 Å². The summed E-state index contributed by atoms with van der Waals surface area (Å²) >= 11 is 0. The Hall–Kier alpha value is -2.43. The topological polar surface area (TPSA) is 24.7 Å². The van der Waals surface area contributed by atoms with Crippen LogP contribution in [0.5, 0.6) is 0 Å². The summed E-state index contributed by atoms with van der Waals surface area (Å²) in [5, 5.41) is 0. The number of unbranched alkanes of at least 4 members (excludes halogenated alkanes) is 3. The molecular weight excluding hydrogens is 435 g/mol. The van der Waals surface area contributed by atoms with Gasteiger partial charge < -0.3 is 0 Å². The number of hydrogen-bond donors (Lipinski definition) is 0. The molecule has 0 aliphatic carbocycles. The Morgan fingerprint density at radius 1 is 0.844 bits per heavy atom. The zero-order chi connectivity index (χ0) is 22.3. The Kier molecular flexibility index (Phi) is 14.0. The number of hydrogen-bond acceptors (Lipinski definition) is 2. The van der Waals surface area contributed by atoms with Crippen molar-refractivity contribution in [2.75, 3.05) is 0 Å². The van der Waals surface area contributed by atoms with E-state index in [1.54, 1.807) is 0 Å². The third kappa shape index (κ3) is 9.80. The maximum absolute atomic E-state index is 5.08. The van der Waals surface area contributed by atoms with Crippen molar-refractivity contribution in [2.24, 2.45) is 9.98 Å². The van der Waals surface area contributed by atoms with Crippen molar-refractivity contribution in [3.63, 3.8) is 0 Å². The van der Waals surface area contributed by atoms with Gasteiger partial charge >= 0.3 is 0 Å². The second-order valence-corrected chi connectivity index (χ2v) is 7.69. The predicted molar refractivity (Wildman–Crippen MR) is 138 cm³/mol. The molecule has 0 saturated carbocycles. The molecule has 32 heavy (non-hydrogen) atoms. The van der Waals surface area contributed by atoms with E-state index in [1.807, 2.05) is 26.0 Å². The smallest absolute Gasteiger partial charge is 0.0646 e. The second kappa shape index (κ2) is 16.2. The SMILES string of the molecule is CC#Cc1cccc(/N=C(CCCCC)/C(CCCC)=N/c2ccc(/C=C\C)cc2)c1.[Ni]. The van der Waals surface area contributed by atoms with Gasteiger partial charge in [0.2, 0.25) is 0 Å². The molecule has 0 aromatic heterocycles. The molecule has 2 aromatic carbocycles. The minimum absolute atomic E-state index is 0. The maximum atomic E-state index is 5.08. The molecule has 0 aliphatic rings. The summed E-state index contributed by atoms with van der Waals surface area (Å²) in [6, 6.07) is 16.6. The van der Waals surface area contributed by atoms with Crippen LogP contribution in [-0.4, -0.2) is 11.4 Å². The summed E-state index contributed by atoms with van der Waals surface area (Å²) in [4.78, 5) is 10.1. The Labute approximate surface area is 205 Å². The van der Waals surface area contributed by atoms with E-state index in [4.69, 9.17) is 9.98 Å². The molecule has 0 N–H and O–H groups in total. The van der Waals surface area contributed by atoms with Crippen molar-refractivity contribution in [1.82, 2.24) is 0 Å². The number of allylic oxidation sites excluding steroid dienone is 1. The van der Waals surface area contributed by atoms with Crippen molar-refractivity contribution in [2.45, 2.75) is 72.6 Å². The first-order valence-corrected chi connectivity index (χ1v) is 11.6. The van der Waals surface area contributed by atoms with E-state index in [9.17, 15) is 0 Å². The van der Waals surface area contributed by atoms with Crippen LogP contribution in [0, 0.1) is 11.8 Å². The van der Waals surface area contributed by atoms with Crippen molar-refractivity contribution >= 4 is 28.9 Å². The third-order valence-corrected chi connectivity index (χ3v) is 5.01. The molecule has 0 amide bonds. The van der Waals surface area contributed by atoms with E-state index in [2.05, 4.69) is 74.2 Å². The molecule has 0 heterocycles. The Morgan fingerprint density at radius 3 is 2.12 bits per heavy atom. The van der Waals surface area contributed by atoms with Crippen LogP contribution in [0.15, 0.2) is 64.6 Å². The monoisotopic (exact) mass is 470 g/mol. The van der Waals surface area contributed by atoms with Gasteiger partial charge in [0.05, 0.1) is 22.8 Å². The van der Waals surface area contributed by atoms with Crippen molar-refractivity contribution < 1.29 is 16.5 Å². The quantitative estimate of drug-likeness (QED) is 0.136. The fraction of sp³-hybridized carbons (Fsp3) is 0.379. The fourth-order valence-electron chi connectivity index (χ4n) is 3.38. The van der Waals surface area contributed by atoms with Crippen molar-refractivity contribution in [1.29, 1.82) is 0 Å². The maximum Gasteiger partial charge on any atom is 0.0646 e. The molecule has 2 rings (SSSR count). The van der Waals surface area contributed by atoms with Gasteiger partial charge in [-0.05, 0) is 75.4 Å². The minimum atomic E-state index is 0. The zero-order valence-electron chi connectivity index (χ0n) is 19.9. The van der Waals surface area contributed by atoms with Gasteiger partial charge in [-0.15, -0.1) is 5.92 Å². The Morgan fingerprint density at radius 2 is 1.50 bits per heavy atom. The molecule has 172 valence electrons. The number of nitrogens with zero attached hydrogens (tertiary/aromatic N) is 2. The van der Waals surface area contributed by atoms with Gasteiger partial charge in [0, 0.05) is 22.1 Å². The molecule has 0 aliphatic heterocycles. The van der Waals surface area contributed by atoms with Gasteiger partial charge in [-0.25, -0.2) is 0 Å². The molecule has 0 bridgehead atoms.